The standard InChI is InChI=1S/C21H22N4O5/c1-3-29-16-10-9-15(13-17(16)28-2)20(27)24-22-18(26)11-12-19-23-25-21(30-19)14-7-5-4-6-8-14/h4-10,13H,3,11-12H2,1-2H3,(H,22,26)(H,24,27). The van der Waals surface area contributed by atoms with Gasteiger partial charge in [-0.25, -0.2) is 0 Å². The second-order valence-electron chi connectivity index (χ2n) is 6.17. The maximum atomic E-state index is 12.3. The van der Waals surface area contributed by atoms with Gasteiger partial charge in [-0.1, -0.05) is 18.2 Å². The molecule has 0 bridgehead atoms. The highest BCUT2D eigenvalue weighted by Gasteiger charge is 2.13. The van der Waals surface area contributed by atoms with Crippen LogP contribution >= 0.6 is 0 Å². The summed E-state index contributed by atoms with van der Waals surface area (Å²) < 4.78 is 16.2. The highest BCUT2D eigenvalue weighted by molar-refractivity contribution is 5.96. The lowest BCUT2D eigenvalue weighted by atomic mass is 10.2. The van der Waals surface area contributed by atoms with Crippen LogP contribution in [0.2, 0.25) is 0 Å². The molecule has 0 spiro atoms. The predicted molar refractivity (Wildman–Crippen MR) is 108 cm³/mol. The summed E-state index contributed by atoms with van der Waals surface area (Å²) in [6.45, 7) is 2.33. The molecule has 1 aromatic heterocycles. The summed E-state index contributed by atoms with van der Waals surface area (Å²) in [4.78, 5) is 24.3. The van der Waals surface area contributed by atoms with Crippen LogP contribution in [0, 0.1) is 0 Å². The monoisotopic (exact) mass is 410 g/mol. The van der Waals surface area contributed by atoms with Crippen molar-refractivity contribution < 1.29 is 23.5 Å². The smallest absolute Gasteiger partial charge is 0.269 e. The highest BCUT2D eigenvalue weighted by Crippen LogP contribution is 2.27. The van der Waals surface area contributed by atoms with Crippen molar-refractivity contribution >= 4 is 11.8 Å². The summed E-state index contributed by atoms with van der Waals surface area (Å²) in [7, 11) is 1.49. The first kappa shape index (κ1) is 20.8. The van der Waals surface area contributed by atoms with Crippen LogP contribution in [0.4, 0.5) is 0 Å². The first-order valence-electron chi connectivity index (χ1n) is 9.38. The fourth-order valence-electron chi connectivity index (χ4n) is 2.62. The molecule has 3 aromatic rings. The molecule has 0 fully saturated rings. The van der Waals surface area contributed by atoms with Crippen molar-refractivity contribution in [1.29, 1.82) is 0 Å². The van der Waals surface area contributed by atoms with Gasteiger partial charge in [0.15, 0.2) is 11.5 Å². The van der Waals surface area contributed by atoms with E-state index in [0.717, 1.165) is 5.56 Å². The van der Waals surface area contributed by atoms with Gasteiger partial charge in [-0.3, -0.25) is 20.4 Å². The van der Waals surface area contributed by atoms with Gasteiger partial charge in [-0.2, -0.15) is 0 Å². The average molecular weight is 410 g/mol. The van der Waals surface area contributed by atoms with Crippen LogP contribution < -0.4 is 20.3 Å². The number of hydrogen-bond acceptors (Lipinski definition) is 7. The molecule has 0 unspecified atom stereocenters. The number of aryl methyl sites for hydroxylation is 1. The molecule has 0 saturated carbocycles. The maximum Gasteiger partial charge on any atom is 0.269 e. The zero-order valence-corrected chi connectivity index (χ0v) is 16.7. The normalized spacial score (nSPS) is 10.3. The molecule has 2 amide bonds. The number of rotatable bonds is 8. The second kappa shape index (κ2) is 10.1. The first-order valence-corrected chi connectivity index (χ1v) is 9.38. The molecule has 3 rings (SSSR count). The molecule has 0 aliphatic heterocycles. The number of aromatic nitrogens is 2. The van der Waals surface area contributed by atoms with Crippen LogP contribution in [0.15, 0.2) is 52.9 Å². The van der Waals surface area contributed by atoms with Crippen LogP contribution in [-0.4, -0.2) is 35.7 Å². The minimum Gasteiger partial charge on any atom is -0.493 e. The molecule has 1 heterocycles. The summed E-state index contributed by atoms with van der Waals surface area (Å²) in [6.07, 6.45) is 0.321. The van der Waals surface area contributed by atoms with Crippen molar-refractivity contribution in [2.45, 2.75) is 19.8 Å². The number of carbonyl (C=O) groups is 2. The van der Waals surface area contributed by atoms with Crippen molar-refractivity contribution in [3.05, 3.63) is 60.0 Å². The quantitative estimate of drug-likeness (QED) is 0.548. The molecular formula is C21H22N4O5. The van der Waals surface area contributed by atoms with E-state index in [1.807, 2.05) is 37.3 Å². The second-order valence-corrected chi connectivity index (χ2v) is 6.17. The number of amides is 2. The number of hydrogen-bond donors (Lipinski definition) is 2. The van der Waals surface area contributed by atoms with Crippen molar-refractivity contribution in [2.75, 3.05) is 13.7 Å². The van der Waals surface area contributed by atoms with Crippen LogP contribution in [0.25, 0.3) is 11.5 Å². The highest BCUT2D eigenvalue weighted by atomic mass is 16.5. The summed E-state index contributed by atoms with van der Waals surface area (Å²) >= 11 is 0. The van der Waals surface area contributed by atoms with E-state index in [9.17, 15) is 9.59 Å². The Labute approximate surface area is 173 Å². The Hall–Kier alpha value is -3.88. The minimum atomic E-state index is -0.478. The zero-order chi connectivity index (χ0) is 21.3. The third-order valence-electron chi connectivity index (χ3n) is 4.09. The Kier molecular flexibility index (Phi) is 6.99. The zero-order valence-electron chi connectivity index (χ0n) is 16.7. The number of nitrogens with one attached hydrogen (secondary N) is 2. The number of nitrogens with zero attached hydrogens (tertiary/aromatic N) is 2. The van der Waals surface area contributed by atoms with Gasteiger partial charge in [-0.15, -0.1) is 10.2 Å². The van der Waals surface area contributed by atoms with Crippen LogP contribution in [0.1, 0.15) is 29.6 Å². The van der Waals surface area contributed by atoms with E-state index in [1.54, 1.807) is 12.1 Å². The maximum absolute atomic E-state index is 12.3. The molecular weight excluding hydrogens is 388 g/mol. The Balaban J connectivity index is 1.49. The molecule has 0 aliphatic carbocycles. The topological polar surface area (TPSA) is 116 Å². The number of ether oxygens (including phenoxy) is 2. The summed E-state index contributed by atoms with van der Waals surface area (Å²) in [5.74, 6) is 0.835. The molecule has 0 radical (unpaired) electrons. The third-order valence-corrected chi connectivity index (χ3v) is 4.09. The Morgan fingerprint density at radius 3 is 2.57 bits per heavy atom. The molecule has 0 atom stereocenters. The van der Waals surface area contributed by atoms with E-state index in [0.29, 0.717) is 35.5 Å². The molecule has 0 saturated heterocycles. The van der Waals surface area contributed by atoms with Gasteiger partial charge >= 0.3 is 0 Å². The molecule has 0 aliphatic rings. The molecule has 156 valence electrons. The number of methoxy groups -OCH3 is 1. The Bertz CT molecular complexity index is 1000. The fourth-order valence-corrected chi connectivity index (χ4v) is 2.62. The lowest BCUT2D eigenvalue weighted by Crippen LogP contribution is -2.41. The van der Waals surface area contributed by atoms with E-state index in [1.165, 1.54) is 13.2 Å². The molecule has 9 nitrogen and oxygen atoms in total. The van der Waals surface area contributed by atoms with Gasteiger partial charge in [0.05, 0.1) is 13.7 Å². The SMILES string of the molecule is CCOc1ccc(C(=O)NNC(=O)CCc2nnc(-c3ccccc3)o2)cc1OC. The Morgan fingerprint density at radius 2 is 1.83 bits per heavy atom. The molecule has 2 N–H and O–H groups in total. The fraction of sp³-hybridized carbons (Fsp3) is 0.238. The van der Waals surface area contributed by atoms with Gasteiger partial charge in [0.1, 0.15) is 0 Å². The number of hydrazine groups is 1. The molecule has 9 heteroatoms. The predicted octanol–water partition coefficient (Wildman–Crippen LogP) is 2.54. The van der Waals surface area contributed by atoms with Gasteiger partial charge in [0, 0.05) is 24.0 Å². The van der Waals surface area contributed by atoms with Crippen molar-refractivity contribution in [3.63, 3.8) is 0 Å². The summed E-state index contributed by atoms with van der Waals surface area (Å²) in [5, 5.41) is 7.91. The van der Waals surface area contributed by atoms with Crippen molar-refractivity contribution in [2.24, 2.45) is 0 Å². The van der Waals surface area contributed by atoms with E-state index in [-0.39, 0.29) is 18.7 Å². The van der Waals surface area contributed by atoms with Crippen molar-refractivity contribution in [1.82, 2.24) is 21.0 Å². The molecule has 30 heavy (non-hydrogen) atoms. The van der Waals surface area contributed by atoms with Gasteiger partial charge in [0.2, 0.25) is 17.7 Å². The minimum absolute atomic E-state index is 0.0727. The van der Waals surface area contributed by atoms with Gasteiger partial charge < -0.3 is 13.9 Å². The summed E-state index contributed by atoms with van der Waals surface area (Å²) in [6, 6.07) is 14.1. The van der Waals surface area contributed by atoms with Gasteiger partial charge in [-0.05, 0) is 37.3 Å². The van der Waals surface area contributed by atoms with E-state index in [4.69, 9.17) is 13.9 Å². The number of benzene rings is 2. The van der Waals surface area contributed by atoms with Gasteiger partial charge in [0.25, 0.3) is 5.91 Å². The van der Waals surface area contributed by atoms with Crippen LogP contribution in [0.5, 0.6) is 11.5 Å². The van der Waals surface area contributed by atoms with Crippen LogP contribution in [-0.2, 0) is 11.2 Å². The Morgan fingerprint density at radius 1 is 1.03 bits per heavy atom. The third kappa shape index (κ3) is 5.34. The van der Waals surface area contributed by atoms with Crippen molar-refractivity contribution in [3.8, 4) is 23.0 Å². The average Bonchev–Trinajstić information content (AvgIpc) is 3.26. The molecule has 2 aromatic carbocycles. The lowest BCUT2D eigenvalue weighted by Gasteiger charge is -2.11. The summed E-state index contributed by atoms with van der Waals surface area (Å²) in [5.41, 5.74) is 5.86. The van der Waals surface area contributed by atoms with E-state index in [2.05, 4.69) is 21.0 Å². The lowest BCUT2D eigenvalue weighted by molar-refractivity contribution is -0.121. The van der Waals surface area contributed by atoms with E-state index >= 15 is 0 Å². The van der Waals surface area contributed by atoms with Crippen LogP contribution in [0.3, 0.4) is 0 Å². The van der Waals surface area contributed by atoms with E-state index < -0.39 is 5.91 Å². The largest absolute Gasteiger partial charge is 0.493 e. The first-order chi connectivity index (χ1) is 14.6. The number of carbonyl (C=O) groups excluding carboxylic acids is 2.